The van der Waals surface area contributed by atoms with Crippen LogP contribution in [0.15, 0.2) is 75.8 Å². The molecule has 0 atom stereocenters. The van der Waals surface area contributed by atoms with Crippen molar-refractivity contribution in [3.63, 3.8) is 0 Å². The fraction of sp³-hybridized carbons (Fsp3) is 0.148. The first-order valence-corrected chi connectivity index (χ1v) is 13.9. The summed E-state index contributed by atoms with van der Waals surface area (Å²) in [4.78, 5) is 12.7. The average Bonchev–Trinajstić information content (AvgIpc) is 2.89. The number of phenols is 1. The number of fused-ring (bicyclic) bond motifs is 1. The van der Waals surface area contributed by atoms with Crippen molar-refractivity contribution in [1.82, 2.24) is 0 Å². The minimum atomic E-state index is -4.69. The fourth-order valence-electron chi connectivity index (χ4n) is 3.90. The van der Waals surface area contributed by atoms with Crippen LogP contribution in [0.3, 0.4) is 0 Å². The highest BCUT2D eigenvalue weighted by Gasteiger charge is 2.22. The van der Waals surface area contributed by atoms with Crippen LogP contribution in [-0.2, 0) is 16.5 Å². The Bertz CT molecular complexity index is 1720. The van der Waals surface area contributed by atoms with Crippen molar-refractivity contribution in [2.45, 2.75) is 25.2 Å². The maximum Gasteiger partial charge on any atom is 0.296 e. The summed E-state index contributed by atoms with van der Waals surface area (Å²) in [5, 5.41) is 23.2. The molecule has 0 heterocycles. The minimum absolute atomic E-state index is 0.0158. The maximum atomic E-state index is 13.3. The number of phenolic OH excluding ortho intramolecular Hbond substituents is 1. The zero-order chi connectivity index (χ0) is 28.3. The van der Waals surface area contributed by atoms with Crippen LogP contribution in [0.5, 0.6) is 11.5 Å². The summed E-state index contributed by atoms with van der Waals surface area (Å²) in [7, 11) is -4.69. The first kappa shape index (κ1) is 28.3. The van der Waals surface area contributed by atoms with E-state index in [4.69, 9.17) is 27.9 Å². The minimum Gasteiger partial charge on any atom is -0.505 e. The Morgan fingerprint density at radius 2 is 1.72 bits per heavy atom. The molecule has 0 aliphatic heterocycles. The molecule has 0 fully saturated rings. The van der Waals surface area contributed by atoms with Gasteiger partial charge in [-0.25, -0.2) is 0 Å². The number of aryl methyl sites for hydroxylation is 1. The lowest BCUT2D eigenvalue weighted by Crippen LogP contribution is -2.12. The molecular formula is C27H23Cl2N3O6S. The van der Waals surface area contributed by atoms with Crippen molar-refractivity contribution in [3.05, 3.63) is 81.8 Å². The number of carbonyl (C=O) groups is 1. The molecule has 0 bridgehead atoms. The number of ether oxygens (including phenoxy) is 1. The number of nitrogens with zero attached hydrogens (tertiary/aromatic N) is 2. The zero-order valence-corrected chi connectivity index (χ0v) is 23.1. The zero-order valence-electron chi connectivity index (χ0n) is 20.8. The summed E-state index contributed by atoms with van der Waals surface area (Å²) in [6.45, 7) is 4.05. The van der Waals surface area contributed by atoms with Gasteiger partial charge in [0.15, 0.2) is 5.75 Å². The normalized spacial score (nSPS) is 11.7. The first-order chi connectivity index (χ1) is 18.5. The smallest absolute Gasteiger partial charge is 0.296 e. The number of halogens is 2. The van der Waals surface area contributed by atoms with Gasteiger partial charge in [-0.15, -0.1) is 10.2 Å². The van der Waals surface area contributed by atoms with Crippen LogP contribution in [0.25, 0.3) is 10.8 Å². The highest BCUT2D eigenvalue weighted by Crippen LogP contribution is 2.42. The molecule has 4 aromatic carbocycles. The van der Waals surface area contributed by atoms with Crippen molar-refractivity contribution in [2.75, 3.05) is 11.9 Å². The topological polar surface area (TPSA) is 138 Å². The highest BCUT2D eigenvalue weighted by atomic mass is 35.5. The van der Waals surface area contributed by atoms with Crippen molar-refractivity contribution in [2.24, 2.45) is 10.2 Å². The number of amides is 1. The van der Waals surface area contributed by atoms with E-state index in [1.165, 1.54) is 18.2 Å². The molecule has 9 nitrogen and oxygen atoms in total. The van der Waals surface area contributed by atoms with Crippen molar-refractivity contribution < 1.29 is 27.6 Å². The third kappa shape index (κ3) is 5.99. The van der Waals surface area contributed by atoms with Gasteiger partial charge in [0.05, 0.1) is 27.9 Å². The number of nitrogens with one attached hydrogen (secondary N) is 1. The van der Waals surface area contributed by atoms with Crippen LogP contribution < -0.4 is 10.1 Å². The van der Waals surface area contributed by atoms with Gasteiger partial charge in [-0.1, -0.05) is 60.5 Å². The lowest BCUT2D eigenvalue weighted by atomic mass is 10.0. The van der Waals surface area contributed by atoms with Crippen LogP contribution in [0.1, 0.15) is 29.8 Å². The average molecular weight is 588 g/mol. The van der Waals surface area contributed by atoms with Gasteiger partial charge < -0.3 is 15.2 Å². The number of hydrogen-bond acceptors (Lipinski definition) is 7. The van der Waals surface area contributed by atoms with E-state index in [2.05, 4.69) is 15.5 Å². The predicted octanol–water partition coefficient (Wildman–Crippen LogP) is 7.73. The Kier molecular flexibility index (Phi) is 8.41. The molecule has 0 aliphatic carbocycles. The monoisotopic (exact) mass is 587 g/mol. The van der Waals surface area contributed by atoms with Crippen LogP contribution >= 0.6 is 23.2 Å². The molecule has 39 heavy (non-hydrogen) atoms. The molecule has 202 valence electrons. The second kappa shape index (κ2) is 11.6. The number of carbonyl (C=O) groups excluding carboxylic acids is 1. The Morgan fingerprint density at radius 1 is 1.00 bits per heavy atom. The fourth-order valence-corrected chi connectivity index (χ4v) is 5.09. The molecule has 3 N–H and O–H groups in total. The highest BCUT2D eigenvalue weighted by molar-refractivity contribution is 7.86. The molecule has 0 aliphatic rings. The molecule has 4 aromatic rings. The van der Waals surface area contributed by atoms with E-state index < -0.39 is 26.7 Å². The van der Waals surface area contributed by atoms with Gasteiger partial charge in [0.2, 0.25) is 0 Å². The van der Waals surface area contributed by atoms with E-state index >= 15 is 0 Å². The summed E-state index contributed by atoms with van der Waals surface area (Å²) in [6.07, 6.45) is 0.462. The molecule has 0 radical (unpaired) electrons. The lowest BCUT2D eigenvalue weighted by molar-refractivity contribution is 0.102. The maximum absolute atomic E-state index is 13.3. The van der Waals surface area contributed by atoms with Gasteiger partial charge in [-0.2, -0.15) is 8.42 Å². The summed E-state index contributed by atoms with van der Waals surface area (Å²) in [6, 6.07) is 15.7. The molecular weight excluding hydrogens is 565 g/mol. The van der Waals surface area contributed by atoms with Gasteiger partial charge >= 0.3 is 0 Å². The van der Waals surface area contributed by atoms with E-state index in [9.17, 15) is 22.9 Å². The number of benzene rings is 4. The SMILES string of the molecule is CCOc1ccc(Cl)c(NC(=O)c2cc3ccccc3c(N=Nc3c(S(=O)(=O)O)ccc(CC)c3Cl)c2O)c1. The molecule has 0 saturated heterocycles. The van der Waals surface area contributed by atoms with Crippen molar-refractivity contribution >= 4 is 67.1 Å². The third-order valence-corrected chi connectivity index (χ3v) is 7.44. The third-order valence-electron chi connectivity index (χ3n) is 5.80. The van der Waals surface area contributed by atoms with Gasteiger partial charge in [0.1, 0.15) is 22.0 Å². The van der Waals surface area contributed by atoms with Gasteiger partial charge in [-0.05, 0) is 48.6 Å². The number of aromatic hydroxyl groups is 1. The van der Waals surface area contributed by atoms with E-state index in [-0.39, 0.29) is 32.7 Å². The molecule has 0 unspecified atom stereocenters. The molecule has 12 heteroatoms. The summed E-state index contributed by atoms with van der Waals surface area (Å²) in [5.41, 5.74) is 0.308. The summed E-state index contributed by atoms with van der Waals surface area (Å²) in [5.74, 6) is -0.701. The molecule has 0 saturated carbocycles. The molecule has 4 rings (SSSR count). The standard InChI is InChI=1S/C27H23Cl2N3O6S/c1-3-15-9-12-22(39(35,36)37)25(23(15)29)32-31-24-18-8-6-5-7-16(18)13-19(26(24)33)27(34)30-21-14-17(38-4-2)10-11-20(21)28/h5-14,33H,3-4H2,1-2H3,(H,30,34)(H,35,36,37). The van der Waals surface area contributed by atoms with Crippen LogP contribution in [-0.4, -0.2) is 30.6 Å². The largest absolute Gasteiger partial charge is 0.505 e. The predicted molar refractivity (Wildman–Crippen MR) is 151 cm³/mol. The van der Waals surface area contributed by atoms with E-state index in [1.54, 1.807) is 42.5 Å². The van der Waals surface area contributed by atoms with Crippen LogP contribution in [0.4, 0.5) is 17.1 Å². The molecule has 1 amide bonds. The second-order valence-corrected chi connectivity index (χ2v) is 10.5. The Hall–Kier alpha value is -3.70. The summed E-state index contributed by atoms with van der Waals surface area (Å²) < 4.78 is 39.1. The van der Waals surface area contributed by atoms with E-state index in [0.717, 1.165) is 0 Å². The Balaban J connectivity index is 1.84. The lowest BCUT2D eigenvalue weighted by Gasteiger charge is -2.13. The van der Waals surface area contributed by atoms with Crippen molar-refractivity contribution in [3.8, 4) is 11.5 Å². The van der Waals surface area contributed by atoms with Crippen molar-refractivity contribution in [1.29, 1.82) is 0 Å². The van der Waals surface area contributed by atoms with E-state index in [0.29, 0.717) is 35.1 Å². The van der Waals surface area contributed by atoms with Gasteiger partial charge in [0.25, 0.3) is 16.0 Å². The Morgan fingerprint density at radius 3 is 2.41 bits per heavy atom. The number of hydrogen-bond donors (Lipinski definition) is 3. The van der Waals surface area contributed by atoms with Gasteiger partial charge in [-0.3, -0.25) is 9.35 Å². The number of anilines is 1. The quantitative estimate of drug-likeness (QED) is 0.142. The Labute approximate surface area is 234 Å². The summed E-state index contributed by atoms with van der Waals surface area (Å²) >= 11 is 12.6. The molecule has 0 spiro atoms. The number of rotatable bonds is 8. The van der Waals surface area contributed by atoms with Crippen LogP contribution in [0, 0.1) is 0 Å². The van der Waals surface area contributed by atoms with E-state index in [1.807, 2.05) is 13.8 Å². The van der Waals surface area contributed by atoms with Crippen LogP contribution in [0.2, 0.25) is 10.0 Å². The first-order valence-electron chi connectivity index (χ1n) is 11.7. The number of azo groups is 1. The second-order valence-electron chi connectivity index (χ2n) is 8.29. The molecule has 0 aromatic heterocycles. The van der Waals surface area contributed by atoms with Gasteiger partial charge in [0, 0.05) is 11.5 Å².